The Morgan fingerprint density at radius 2 is 0.513 bits per heavy atom. The number of allylic oxidation sites excluding steroid dienone is 16. The van der Waals surface area contributed by atoms with Gasteiger partial charge in [-0.15, -0.1) is 0 Å². The van der Waals surface area contributed by atoms with Gasteiger partial charge in [0.1, 0.15) is 13.2 Å². The monoisotopic (exact) mass is 1080 g/mol. The minimum atomic E-state index is -0.804. The van der Waals surface area contributed by atoms with Crippen LogP contribution in [-0.4, -0.2) is 37.2 Å². The van der Waals surface area contributed by atoms with E-state index in [4.69, 9.17) is 14.2 Å². The van der Waals surface area contributed by atoms with Crippen molar-refractivity contribution in [2.45, 2.75) is 329 Å². The van der Waals surface area contributed by atoms with Crippen molar-refractivity contribution >= 4 is 17.9 Å². The number of carbonyl (C=O) groups is 3. The first kappa shape index (κ1) is 74.3. The average molecular weight is 1090 g/mol. The second-order valence-electron chi connectivity index (χ2n) is 22.0. The molecule has 0 bridgehead atoms. The Labute approximate surface area is 483 Å². The molecule has 6 heteroatoms. The van der Waals surface area contributed by atoms with Crippen molar-refractivity contribution in [3.63, 3.8) is 0 Å². The third-order valence-electron chi connectivity index (χ3n) is 14.3. The fourth-order valence-corrected chi connectivity index (χ4v) is 9.37. The summed E-state index contributed by atoms with van der Waals surface area (Å²) in [6, 6.07) is 0. The third kappa shape index (κ3) is 63.2. The van der Waals surface area contributed by atoms with Crippen molar-refractivity contribution in [3.8, 4) is 0 Å². The molecule has 6 nitrogen and oxygen atoms in total. The highest BCUT2D eigenvalue weighted by molar-refractivity contribution is 5.71. The Hall–Kier alpha value is -3.67. The van der Waals surface area contributed by atoms with Crippen LogP contribution in [0.15, 0.2) is 97.2 Å². The van der Waals surface area contributed by atoms with Crippen LogP contribution in [0.3, 0.4) is 0 Å². The maximum atomic E-state index is 12.9. The number of carbonyl (C=O) groups excluding carboxylic acids is 3. The molecule has 0 spiro atoms. The molecule has 0 aliphatic carbocycles. The van der Waals surface area contributed by atoms with Gasteiger partial charge in [0.05, 0.1) is 0 Å². The quantitative estimate of drug-likeness (QED) is 0.0261. The minimum Gasteiger partial charge on any atom is -0.462 e. The van der Waals surface area contributed by atoms with Crippen LogP contribution in [0.5, 0.6) is 0 Å². The number of hydrogen-bond acceptors (Lipinski definition) is 6. The molecule has 0 aromatic carbocycles. The molecule has 0 aliphatic rings. The molecule has 0 heterocycles. The second kappa shape index (κ2) is 65.8. The highest BCUT2D eigenvalue weighted by Gasteiger charge is 2.19. The van der Waals surface area contributed by atoms with E-state index in [1.165, 1.54) is 186 Å². The molecular formula is C72H124O6. The van der Waals surface area contributed by atoms with Gasteiger partial charge in [-0.05, 0) is 96.3 Å². The summed E-state index contributed by atoms with van der Waals surface area (Å²) in [6.07, 6.45) is 88.5. The van der Waals surface area contributed by atoms with Crippen LogP contribution < -0.4 is 0 Å². The van der Waals surface area contributed by atoms with Crippen LogP contribution in [0.1, 0.15) is 323 Å². The molecule has 0 N–H and O–H groups in total. The number of esters is 3. The van der Waals surface area contributed by atoms with Crippen molar-refractivity contribution in [3.05, 3.63) is 97.2 Å². The lowest BCUT2D eigenvalue weighted by molar-refractivity contribution is -0.167. The molecule has 0 saturated heterocycles. The van der Waals surface area contributed by atoms with Gasteiger partial charge in [0, 0.05) is 19.3 Å². The molecule has 78 heavy (non-hydrogen) atoms. The van der Waals surface area contributed by atoms with E-state index < -0.39 is 6.10 Å². The summed E-state index contributed by atoms with van der Waals surface area (Å²) in [5, 5.41) is 0. The van der Waals surface area contributed by atoms with E-state index in [2.05, 4.69) is 118 Å². The lowest BCUT2D eigenvalue weighted by Gasteiger charge is -2.18. The molecule has 0 aromatic rings. The van der Waals surface area contributed by atoms with E-state index >= 15 is 0 Å². The number of rotatable bonds is 60. The molecule has 0 amide bonds. The Morgan fingerprint density at radius 3 is 0.846 bits per heavy atom. The van der Waals surface area contributed by atoms with Crippen LogP contribution in [0, 0.1) is 0 Å². The third-order valence-corrected chi connectivity index (χ3v) is 14.3. The largest absolute Gasteiger partial charge is 0.462 e. The topological polar surface area (TPSA) is 78.9 Å². The number of ether oxygens (including phenoxy) is 3. The summed E-state index contributed by atoms with van der Waals surface area (Å²) in [7, 11) is 0. The van der Waals surface area contributed by atoms with Crippen LogP contribution in [0.2, 0.25) is 0 Å². The predicted octanol–water partition coefficient (Wildman–Crippen LogP) is 22.8. The smallest absolute Gasteiger partial charge is 0.306 e. The number of hydrogen-bond donors (Lipinski definition) is 0. The van der Waals surface area contributed by atoms with Crippen molar-refractivity contribution in [2.24, 2.45) is 0 Å². The zero-order valence-corrected chi connectivity index (χ0v) is 51.4. The van der Waals surface area contributed by atoms with Crippen LogP contribution in [0.4, 0.5) is 0 Å². The molecule has 1 unspecified atom stereocenters. The van der Waals surface area contributed by atoms with Crippen molar-refractivity contribution in [2.75, 3.05) is 13.2 Å². The summed E-state index contributed by atoms with van der Waals surface area (Å²) in [4.78, 5) is 38.4. The van der Waals surface area contributed by atoms with Gasteiger partial charge in [0.25, 0.3) is 0 Å². The Balaban J connectivity index is 4.46. The Kier molecular flexibility index (Phi) is 62.7. The molecular weight excluding hydrogens is 961 g/mol. The summed E-state index contributed by atoms with van der Waals surface area (Å²) < 4.78 is 16.9. The Morgan fingerprint density at radius 1 is 0.269 bits per heavy atom. The summed E-state index contributed by atoms with van der Waals surface area (Å²) >= 11 is 0. The molecule has 0 radical (unpaired) electrons. The van der Waals surface area contributed by atoms with E-state index in [0.29, 0.717) is 19.3 Å². The van der Waals surface area contributed by atoms with Gasteiger partial charge in [0.2, 0.25) is 0 Å². The highest BCUT2D eigenvalue weighted by Crippen LogP contribution is 2.17. The van der Waals surface area contributed by atoms with Gasteiger partial charge in [0.15, 0.2) is 6.10 Å². The van der Waals surface area contributed by atoms with Gasteiger partial charge in [-0.1, -0.05) is 304 Å². The van der Waals surface area contributed by atoms with E-state index in [-0.39, 0.29) is 37.5 Å². The van der Waals surface area contributed by atoms with E-state index in [0.717, 1.165) is 89.9 Å². The first-order valence-electron chi connectivity index (χ1n) is 33.2. The highest BCUT2D eigenvalue weighted by atomic mass is 16.6. The van der Waals surface area contributed by atoms with Crippen LogP contribution in [0.25, 0.3) is 0 Å². The Bertz CT molecular complexity index is 1530. The maximum Gasteiger partial charge on any atom is 0.306 e. The molecule has 0 aliphatic heterocycles. The molecule has 0 rings (SSSR count). The van der Waals surface area contributed by atoms with E-state index in [1.807, 2.05) is 0 Å². The minimum absolute atomic E-state index is 0.0954. The molecule has 0 aromatic heterocycles. The van der Waals surface area contributed by atoms with Gasteiger partial charge >= 0.3 is 17.9 Å². The van der Waals surface area contributed by atoms with Gasteiger partial charge in [-0.2, -0.15) is 0 Å². The van der Waals surface area contributed by atoms with Gasteiger partial charge in [-0.25, -0.2) is 0 Å². The maximum absolute atomic E-state index is 12.9. The van der Waals surface area contributed by atoms with Crippen molar-refractivity contribution < 1.29 is 28.6 Å². The van der Waals surface area contributed by atoms with Crippen LogP contribution >= 0.6 is 0 Å². The fraction of sp³-hybridized carbons (Fsp3) is 0.736. The fourth-order valence-electron chi connectivity index (χ4n) is 9.37. The van der Waals surface area contributed by atoms with Gasteiger partial charge < -0.3 is 14.2 Å². The van der Waals surface area contributed by atoms with E-state index in [1.54, 1.807) is 0 Å². The summed E-state index contributed by atoms with van der Waals surface area (Å²) in [5.41, 5.74) is 0. The second-order valence-corrected chi connectivity index (χ2v) is 22.0. The first-order valence-corrected chi connectivity index (χ1v) is 33.2. The zero-order chi connectivity index (χ0) is 56.4. The van der Waals surface area contributed by atoms with Crippen LogP contribution in [-0.2, 0) is 28.6 Å². The van der Waals surface area contributed by atoms with E-state index in [9.17, 15) is 14.4 Å². The van der Waals surface area contributed by atoms with Crippen molar-refractivity contribution in [1.82, 2.24) is 0 Å². The average Bonchev–Trinajstić information content (AvgIpc) is 3.44. The normalized spacial score (nSPS) is 12.7. The number of unbranched alkanes of at least 4 members (excludes halogenated alkanes) is 33. The predicted molar refractivity (Wildman–Crippen MR) is 339 cm³/mol. The SMILES string of the molecule is CC/C=C\C/C=C\C/C=C\C/C=C\C/C=C\C/C=C\C/C=C\CCCC(=O)OCC(COC(=O)CCCCCCCCC/C=C\CCCCCCCC)OC(=O)CCCCCCCCCCCCCCCCCCCCCC. The zero-order valence-electron chi connectivity index (χ0n) is 51.4. The lowest BCUT2D eigenvalue weighted by atomic mass is 10.0. The lowest BCUT2D eigenvalue weighted by Crippen LogP contribution is -2.30. The standard InChI is InChI=1S/C72H124O6/c1-4-7-10-13-16-19-22-25-28-31-33-35-36-37-39-41-44-47-50-53-56-59-62-65-71(74)77-68-69(67-76-70(73)64-61-58-55-52-49-46-43-40-30-27-24-21-18-15-12-9-6-3)78-72(75)66-63-60-57-54-51-48-45-42-38-34-32-29-26-23-20-17-14-11-8-5-2/h7,10,16,19,25,27-28,30,33,35,37,39,44,47,53,56,69H,4-6,8-9,11-15,17-18,20-24,26,29,31-32,34,36,38,40-43,45-46,48-52,54-55,57-68H2,1-3H3/b10-7-,19-16-,28-25-,30-27-,35-33-,39-37-,47-44-,56-53-. The van der Waals surface area contributed by atoms with Crippen molar-refractivity contribution in [1.29, 1.82) is 0 Å². The van der Waals surface area contributed by atoms with Gasteiger partial charge in [-0.3, -0.25) is 14.4 Å². The molecule has 448 valence electrons. The molecule has 1 atom stereocenters. The first-order chi connectivity index (χ1) is 38.5. The summed E-state index contributed by atoms with van der Waals surface area (Å²) in [5.74, 6) is -0.947. The molecule has 0 saturated carbocycles. The summed E-state index contributed by atoms with van der Waals surface area (Å²) in [6.45, 7) is 6.51. The molecule has 0 fully saturated rings.